The van der Waals surface area contributed by atoms with Gasteiger partial charge in [-0.3, -0.25) is 0 Å². The van der Waals surface area contributed by atoms with Crippen molar-refractivity contribution >= 4 is 0 Å². The number of aliphatic hydroxyl groups is 1. The van der Waals surface area contributed by atoms with E-state index in [0.717, 1.165) is 55.5 Å². The van der Waals surface area contributed by atoms with E-state index < -0.39 is 0 Å². The standard InChI is InChI=1S/C27H42O2/c1-17(2)5-10-25-18(3)22-8-9-24-21-7-6-19-15-20(28)11-13-26(19,4)23(21)12-14-27(22,24)16-29-25/h6,17,20-24,28H,5,7-16H2,1-4H3/t20-,21+,22+,23-,24-,26-,27?/m0/s1. The normalized spacial score (nSPS) is 46.4. The lowest BCUT2D eigenvalue weighted by Crippen LogP contribution is -2.53. The van der Waals surface area contributed by atoms with E-state index >= 15 is 0 Å². The second-order valence-corrected chi connectivity index (χ2v) is 11.9. The van der Waals surface area contributed by atoms with Gasteiger partial charge in [-0.1, -0.05) is 32.4 Å². The highest BCUT2D eigenvalue weighted by Crippen LogP contribution is 2.68. The molecule has 162 valence electrons. The molecule has 1 unspecified atom stereocenters. The molecule has 0 saturated heterocycles. The molecule has 3 saturated carbocycles. The fourth-order valence-electron chi connectivity index (χ4n) is 8.60. The van der Waals surface area contributed by atoms with Gasteiger partial charge in [0.25, 0.3) is 0 Å². The molecule has 4 aliphatic carbocycles. The van der Waals surface area contributed by atoms with Crippen LogP contribution in [0.1, 0.15) is 91.9 Å². The molecule has 0 bridgehead atoms. The lowest BCUT2D eigenvalue weighted by molar-refractivity contribution is -0.0920. The van der Waals surface area contributed by atoms with Crippen molar-refractivity contribution in [1.82, 2.24) is 0 Å². The first kappa shape index (κ1) is 20.2. The minimum absolute atomic E-state index is 0.0968. The number of ether oxygens (including phenoxy) is 1. The van der Waals surface area contributed by atoms with Gasteiger partial charge in [-0.15, -0.1) is 0 Å². The summed E-state index contributed by atoms with van der Waals surface area (Å²) < 4.78 is 6.57. The van der Waals surface area contributed by atoms with Gasteiger partial charge < -0.3 is 9.84 Å². The van der Waals surface area contributed by atoms with Crippen LogP contribution in [0.3, 0.4) is 0 Å². The van der Waals surface area contributed by atoms with E-state index in [1.165, 1.54) is 50.7 Å². The van der Waals surface area contributed by atoms with Crippen LogP contribution in [-0.2, 0) is 4.74 Å². The number of rotatable bonds is 3. The highest BCUT2D eigenvalue weighted by molar-refractivity contribution is 5.28. The maximum atomic E-state index is 10.2. The van der Waals surface area contributed by atoms with E-state index in [4.69, 9.17) is 4.74 Å². The van der Waals surface area contributed by atoms with Crippen LogP contribution in [0.25, 0.3) is 0 Å². The van der Waals surface area contributed by atoms with E-state index in [1.807, 2.05) is 0 Å². The summed E-state index contributed by atoms with van der Waals surface area (Å²) in [6.45, 7) is 10.6. The largest absolute Gasteiger partial charge is 0.497 e. The fourth-order valence-corrected chi connectivity index (χ4v) is 8.60. The van der Waals surface area contributed by atoms with Crippen LogP contribution in [-0.4, -0.2) is 17.8 Å². The van der Waals surface area contributed by atoms with Crippen LogP contribution in [0.5, 0.6) is 0 Å². The molecule has 0 aromatic carbocycles. The maximum Gasteiger partial charge on any atom is 0.0952 e. The minimum atomic E-state index is -0.0968. The molecule has 0 amide bonds. The Morgan fingerprint density at radius 2 is 1.97 bits per heavy atom. The Bertz CT molecular complexity index is 718. The Kier molecular flexibility index (Phi) is 4.97. The maximum absolute atomic E-state index is 10.2. The van der Waals surface area contributed by atoms with E-state index in [9.17, 15) is 5.11 Å². The molecule has 1 N–H and O–H groups in total. The number of hydrogen-bond donors (Lipinski definition) is 1. The molecule has 1 spiro atoms. The van der Waals surface area contributed by atoms with E-state index in [1.54, 1.807) is 11.1 Å². The Morgan fingerprint density at radius 1 is 1.14 bits per heavy atom. The van der Waals surface area contributed by atoms with Crippen LogP contribution in [0.2, 0.25) is 0 Å². The zero-order valence-corrected chi connectivity index (χ0v) is 19.2. The van der Waals surface area contributed by atoms with Crippen LogP contribution in [0.4, 0.5) is 0 Å². The van der Waals surface area contributed by atoms with E-state index in [-0.39, 0.29) is 6.10 Å². The first-order valence-corrected chi connectivity index (χ1v) is 12.5. The first-order valence-electron chi connectivity index (χ1n) is 12.5. The Morgan fingerprint density at radius 3 is 2.76 bits per heavy atom. The molecule has 0 aromatic heterocycles. The number of allylic oxidation sites excluding steroid dienone is 3. The average molecular weight is 399 g/mol. The molecule has 7 atom stereocenters. The van der Waals surface area contributed by atoms with Crippen molar-refractivity contribution in [2.24, 2.45) is 40.4 Å². The molecule has 5 aliphatic rings. The van der Waals surface area contributed by atoms with Gasteiger partial charge in [0.2, 0.25) is 0 Å². The average Bonchev–Trinajstić information content (AvgIpc) is 3.08. The summed E-state index contributed by atoms with van der Waals surface area (Å²) in [6.07, 6.45) is 14.8. The zero-order chi connectivity index (χ0) is 20.4. The van der Waals surface area contributed by atoms with Gasteiger partial charge in [-0.2, -0.15) is 0 Å². The summed E-state index contributed by atoms with van der Waals surface area (Å²) in [5.74, 6) is 5.38. The summed E-state index contributed by atoms with van der Waals surface area (Å²) in [5, 5.41) is 10.2. The summed E-state index contributed by atoms with van der Waals surface area (Å²) in [5.41, 5.74) is 3.97. The second-order valence-electron chi connectivity index (χ2n) is 11.9. The molecule has 29 heavy (non-hydrogen) atoms. The third-order valence-electron chi connectivity index (χ3n) is 10.2. The van der Waals surface area contributed by atoms with Crippen molar-refractivity contribution in [3.63, 3.8) is 0 Å². The summed E-state index contributed by atoms with van der Waals surface area (Å²) in [6, 6.07) is 0. The van der Waals surface area contributed by atoms with Crippen LogP contribution < -0.4 is 0 Å². The molecule has 1 aliphatic heterocycles. The summed E-state index contributed by atoms with van der Waals surface area (Å²) in [7, 11) is 0. The Labute approximate surface area is 178 Å². The predicted octanol–water partition coefficient (Wildman–Crippen LogP) is 6.65. The molecular formula is C27H42O2. The molecule has 3 fully saturated rings. The van der Waals surface area contributed by atoms with Crippen LogP contribution in [0.15, 0.2) is 23.0 Å². The van der Waals surface area contributed by atoms with Gasteiger partial charge in [0.1, 0.15) is 0 Å². The lowest BCUT2D eigenvalue weighted by atomic mass is 9.46. The van der Waals surface area contributed by atoms with E-state index in [0.29, 0.717) is 10.8 Å². The van der Waals surface area contributed by atoms with Gasteiger partial charge in [0, 0.05) is 11.8 Å². The first-order chi connectivity index (χ1) is 13.8. The monoisotopic (exact) mass is 398 g/mol. The van der Waals surface area contributed by atoms with Gasteiger partial charge in [0.05, 0.1) is 18.5 Å². The number of fused-ring (bicyclic) bond motifs is 4. The summed E-state index contributed by atoms with van der Waals surface area (Å²) in [4.78, 5) is 0. The SMILES string of the molecule is CC1=C(CCC(C)C)OCC23CC[C@H]4[C@@H](CC=C5C[C@@H](O)CC[C@@]54C)[C@@H]2CC[C@H]13. The fraction of sp³-hybridized carbons (Fsp3) is 0.852. The highest BCUT2D eigenvalue weighted by atomic mass is 16.5. The Hall–Kier alpha value is -0.760. The molecule has 0 aromatic rings. The molecule has 2 nitrogen and oxygen atoms in total. The smallest absolute Gasteiger partial charge is 0.0952 e. The highest BCUT2D eigenvalue weighted by Gasteiger charge is 2.62. The predicted molar refractivity (Wildman–Crippen MR) is 118 cm³/mol. The van der Waals surface area contributed by atoms with Crippen molar-refractivity contribution in [2.75, 3.05) is 6.61 Å². The van der Waals surface area contributed by atoms with Gasteiger partial charge in [-0.05, 0) is 105 Å². The zero-order valence-electron chi connectivity index (χ0n) is 19.2. The minimum Gasteiger partial charge on any atom is -0.497 e. The quantitative estimate of drug-likeness (QED) is 0.539. The third-order valence-corrected chi connectivity index (χ3v) is 10.2. The van der Waals surface area contributed by atoms with Gasteiger partial charge in [-0.25, -0.2) is 0 Å². The van der Waals surface area contributed by atoms with Crippen molar-refractivity contribution in [1.29, 1.82) is 0 Å². The second kappa shape index (κ2) is 7.14. The molecule has 5 rings (SSSR count). The van der Waals surface area contributed by atoms with E-state index in [2.05, 4.69) is 33.8 Å². The topological polar surface area (TPSA) is 29.5 Å². The molecular weight excluding hydrogens is 356 g/mol. The van der Waals surface area contributed by atoms with Gasteiger partial charge in [0.15, 0.2) is 0 Å². The Balaban J connectivity index is 1.41. The van der Waals surface area contributed by atoms with Crippen molar-refractivity contribution in [3.05, 3.63) is 23.0 Å². The van der Waals surface area contributed by atoms with Crippen molar-refractivity contribution in [3.8, 4) is 0 Å². The molecule has 0 radical (unpaired) electrons. The van der Waals surface area contributed by atoms with Crippen molar-refractivity contribution in [2.45, 2.75) is 98.0 Å². The molecule has 1 heterocycles. The van der Waals surface area contributed by atoms with Gasteiger partial charge >= 0.3 is 0 Å². The summed E-state index contributed by atoms with van der Waals surface area (Å²) >= 11 is 0. The molecule has 2 heteroatoms. The lowest BCUT2D eigenvalue weighted by Gasteiger charge is -2.59. The number of aliphatic hydroxyl groups excluding tert-OH is 1. The van der Waals surface area contributed by atoms with Crippen LogP contribution >= 0.6 is 0 Å². The van der Waals surface area contributed by atoms with Crippen molar-refractivity contribution < 1.29 is 9.84 Å². The third kappa shape index (κ3) is 2.99. The van der Waals surface area contributed by atoms with Crippen LogP contribution in [0, 0.1) is 40.4 Å². The number of hydrogen-bond acceptors (Lipinski definition) is 2.